The molecule has 4 aromatic rings. The minimum Gasteiger partial charge on any atom is -0.292 e. The number of aromatic nitrogens is 3. The van der Waals surface area contributed by atoms with Gasteiger partial charge in [0.2, 0.25) is 0 Å². The molecule has 0 saturated carbocycles. The van der Waals surface area contributed by atoms with Gasteiger partial charge in [0.05, 0.1) is 16.1 Å². The second kappa shape index (κ2) is 8.59. The lowest BCUT2D eigenvalue weighted by Crippen LogP contribution is -2.40. The van der Waals surface area contributed by atoms with Gasteiger partial charge in [-0.15, -0.1) is 0 Å². The summed E-state index contributed by atoms with van der Waals surface area (Å²) in [6.07, 6.45) is -4.80. The maximum absolute atomic E-state index is 13.1. The van der Waals surface area contributed by atoms with E-state index in [2.05, 4.69) is 16.5 Å². The van der Waals surface area contributed by atoms with E-state index in [0.717, 1.165) is 33.1 Å². The van der Waals surface area contributed by atoms with Gasteiger partial charge in [-0.1, -0.05) is 29.8 Å². The Hall–Kier alpha value is -2.85. The number of fused-ring (bicyclic) bond motifs is 1. The molecule has 4 rings (SSSR count). The van der Waals surface area contributed by atoms with Crippen LogP contribution in [0, 0.1) is 6.92 Å². The second-order valence-electron chi connectivity index (χ2n) is 7.33. The van der Waals surface area contributed by atoms with E-state index in [-0.39, 0.29) is 5.69 Å². The molecular weight excluding hydrogens is 459 g/mol. The molecule has 32 heavy (non-hydrogen) atoms. The van der Waals surface area contributed by atoms with Crippen molar-refractivity contribution in [1.29, 1.82) is 0 Å². The SMILES string of the molecule is Cc1cccc(CSCc2nsc3ccc(-n4c(=O)cc(C(F)(F)F)n(C)c4=O)cc23)c1. The van der Waals surface area contributed by atoms with Gasteiger partial charge in [0, 0.05) is 30.0 Å². The van der Waals surface area contributed by atoms with Crippen LogP contribution in [0.15, 0.2) is 58.1 Å². The van der Waals surface area contributed by atoms with Crippen LogP contribution in [-0.4, -0.2) is 13.5 Å². The lowest BCUT2D eigenvalue weighted by Gasteiger charge is -2.14. The number of alkyl halides is 3. The van der Waals surface area contributed by atoms with Crippen molar-refractivity contribution in [2.45, 2.75) is 24.6 Å². The van der Waals surface area contributed by atoms with Crippen LogP contribution in [0.4, 0.5) is 13.2 Å². The zero-order valence-corrected chi connectivity index (χ0v) is 18.8. The Morgan fingerprint density at radius 1 is 1.06 bits per heavy atom. The molecule has 0 atom stereocenters. The molecule has 0 saturated heterocycles. The van der Waals surface area contributed by atoms with Gasteiger partial charge in [-0.25, -0.2) is 9.36 Å². The van der Waals surface area contributed by atoms with Crippen molar-refractivity contribution >= 4 is 33.4 Å². The monoisotopic (exact) mass is 477 g/mol. The molecule has 0 fully saturated rings. The van der Waals surface area contributed by atoms with E-state index >= 15 is 0 Å². The number of aryl methyl sites for hydroxylation is 1. The Morgan fingerprint density at radius 2 is 1.84 bits per heavy atom. The zero-order valence-electron chi connectivity index (χ0n) is 17.1. The summed E-state index contributed by atoms with van der Waals surface area (Å²) in [6.45, 7) is 2.04. The van der Waals surface area contributed by atoms with Gasteiger partial charge in [-0.2, -0.15) is 29.3 Å². The predicted octanol–water partition coefficient (Wildman–Crippen LogP) is 4.91. The van der Waals surface area contributed by atoms with Gasteiger partial charge in [0.15, 0.2) is 0 Å². The molecule has 0 unspecified atom stereocenters. The van der Waals surface area contributed by atoms with Crippen LogP contribution >= 0.6 is 23.3 Å². The summed E-state index contributed by atoms with van der Waals surface area (Å²) < 4.78 is 45.9. The maximum Gasteiger partial charge on any atom is 0.431 e. The topological polar surface area (TPSA) is 56.9 Å². The summed E-state index contributed by atoms with van der Waals surface area (Å²) in [5.74, 6) is 1.43. The Kier molecular flexibility index (Phi) is 6.00. The zero-order chi connectivity index (χ0) is 23.0. The number of hydrogen-bond donors (Lipinski definition) is 0. The molecule has 0 aliphatic heterocycles. The summed E-state index contributed by atoms with van der Waals surface area (Å²) in [7, 11) is 0.999. The van der Waals surface area contributed by atoms with E-state index in [9.17, 15) is 22.8 Å². The van der Waals surface area contributed by atoms with Gasteiger partial charge < -0.3 is 0 Å². The first-order valence-corrected chi connectivity index (χ1v) is 11.5. The van der Waals surface area contributed by atoms with Crippen LogP contribution in [0.25, 0.3) is 15.8 Å². The third-order valence-corrected chi connectivity index (χ3v) is 6.87. The highest BCUT2D eigenvalue weighted by Gasteiger charge is 2.35. The lowest BCUT2D eigenvalue weighted by atomic mass is 10.2. The van der Waals surface area contributed by atoms with Crippen LogP contribution in [0.3, 0.4) is 0 Å². The molecule has 0 amide bonds. The molecule has 0 radical (unpaired) electrons. The number of halogens is 3. The largest absolute Gasteiger partial charge is 0.431 e. The third kappa shape index (κ3) is 4.37. The quantitative estimate of drug-likeness (QED) is 0.410. The first kappa shape index (κ1) is 22.3. The first-order valence-electron chi connectivity index (χ1n) is 9.57. The molecule has 0 spiro atoms. The standard InChI is InChI=1S/C22H18F3N3O2S2/c1-13-4-3-5-14(8-13)11-31-12-17-16-9-15(6-7-18(16)32-26-17)28-20(29)10-19(22(23,24)25)27(2)21(28)30/h3-10H,11-12H2,1-2H3. The Bertz CT molecular complexity index is 1420. The maximum atomic E-state index is 13.1. The lowest BCUT2D eigenvalue weighted by molar-refractivity contribution is -0.144. The number of rotatable bonds is 5. The van der Waals surface area contributed by atoms with Crippen LogP contribution < -0.4 is 11.2 Å². The molecule has 10 heteroatoms. The van der Waals surface area contributed by atoms with E-state index in [0.29, 0.717) is 16.4 Å². The van der Waals surface area contributed by atoms with Crippen LogP contribution in [-0.2, 0) is 24.7 Å². The van der Waals surface area contributed by atoms with Crippen molar-refractivity contribution in [3.63, 3.8) is 0 Å². The van der Waals surface area contributed by atoms with Crippen molar-refractivity contribution < 1.29 is 13.2 Å². The highest BCUT2D eigenvalue weighted by atomic mass is 32.2. The van der Waals surface area contributed by atoms with Crippen LogP contribution in [0.1, 0.15) is 22.5 Å². The fourth-order valence-corrected chi connectivity index (χ4v) is 5.21. The van der Waals surface area contributed by atoms with Crippen molar-refractivity contribution in [2.75, 3.05) is 0 Å². The van der Waals surface area contributed by atoms with E-state index < -0.39 is 23.1 Å². The van der Waals surface area contributed by atoms with Gasteiger partial charge >= 0.3 is 11.9 Å². The molecule has 166 valence electrons. The molecule has 5 nitrogen and oxygen atoms in total. The minimum atomic E-state index is -4.80. The molecular formula is C22H18F3N3O2S2. The molecule has 0 bridgehead atoms. The van der Waals surface area contributed by atoms with E-state index in [1.807, 2.05) is 19.1 Å². The first-order chi connectivity index (χ1) is 15.1. The average molecular weight is 478 g/mol. The number of hydrogen-bond acceptors (Lipinski definition) is 5. The van der Waals surface area contributed by atoms with E-state index in [4.69, 9.17) is 0 Å². The van der Waals surface area contributed by atoms with Gasteiger partial charge in [-0.3, -0.25) is 9.36 Å². The van der Waals surface area contributed by atoms with Crippen LogP contribution in [0.2, 0.25) is 0 Å². The smallest absolute Gasteiger partial charge is 0.292 e. The van der Waals surface area contributed by atoms with Gasteiger partial charge in [0.1, 0.15) is 5.69 Å². The molecule has 2 heterocycles. The van der Waals surface area contributed by atoms with E-state index in [1.165, 1.54) is 22.7 Å². The fraction of sp³-hybridized carbons (Fsp3) is 0.227. The molecule has 0 N–H and O–H groups in total. The highest BCUT2D eigenvalue weighted by Crippen LogP contribution is 2.29. The fourth-order valence-electron chi connectivity index (χ4n) is 3.42. The summed E-state index contributed by atoms with van der Waals surface area (Å²) in [5, 5.41) is 0.776. The normalized spacial score (nSPS) is 11.9. The number of nitrogens with zero attached hydrogens (tertiary/aromatic N) is 3. The van der Waals surface area contributed by atoms with Crippen molar-refractivity contribution in [3.8, 4) is 5.69 Å². The van der Waals surface area contributed by atoms with Gasteiger partial charge in [-0.05, 0) is 42.2 Å². The molecule has 0 aliphatic rings. The van der Waals surface area contributed by atoms with Gasteiger partial charge in [0.25, 0.3) is 5.56 Å². The Morgan fingerprint density at radius 3 is 2.56 bits per heavy atom. The minimum absolute atomic E-state index is 0.210. The summed E-state index contributed by atoms with van der Waals surface area (Å²) >= 11 is 2.99. The van der Waals surface area contributed by atoms with Crippen molar-refractivity contribution in [3.05, 3.63) is 91.9 Å². The Labute approximate surface area is 189 Å². The molecule has 0 aliphatic carbocycles. The van der Waals surface area contributed by atoms with Crippen LogP contribution in [0.5, 0.6) is 0 Å². The molecule has 2 aromatic heterocycles. The second-order valence-corrected chi connectivity index (χ2v) is 9.12. The average Bonchev–Trinajstić information content (AvgIpc) is 3.12. The summed E-state index contributed by atoms with van der Waals surface area (Å²) in [4.78, 5) is 25.0. The Balaban J connectivity index is 1.67. The summed E-state index contributed by atoms with van der Waals surface area (Å²) in [5.41, 5.74) is 0.0463. The third-order valence-electron chi connectivity index (χ3n) is 4.99. The molecule has 2 aromatic carbocycles. The van der Waals surface area contributed by atoms with Crippen molar-refractivity contribution in [2.24, 2.45) is 7.05 Å². The number of thioether (sulfide) groups is 1. The number of benzene rings is 2. The van der Waals surface area contributed by atoms with E-state index in [1.54, 1.807) is 30.0 Å². The summed E-state index contributed by atoms with van der Waals surface area (Å²) in [6, 6.07) is 13.6. The van der Waals surface area contributed by atoms with Crippen molar-refractivity contribution in [1.82, 2.24) is 13.5 Å². The highest BCUT2D eigenvalue weighted by molar-refractivity contribution is 7.97. The predicted molar refractivity (Wildman–Crippen MR) is 122 cm³/mol.